The van der Waals surface area contributed by atoms with Crippen LogP contribution >= 0.6 is 11.6 Å². The molecule has 0 saturated heterocycles. The Morgan fingerprint density at radius 3 is 2.77 bits per heavy atom. The van der Waals surface area contributed by atoms with Gasteiger partial charge in [0.1, 0.15) is 0 Å². The SMILES string of the molecule is Cc1cccc2c(=O)n(CCC(=O)N(C)Cc3cccc(Cl)c3)cnc12. The average molecular weight is 370 g/mol. The fourth-order valence-electron chi connectivity index (χ4n) is 2.90. The third kappa shape index (κ3) is 3.94. The van der Waals surface area contributed by atoms with E-state index in [4.69, 9.17) is 11.6 Å². The normalized spacial score (nSPS) is 10.9. The van der Waals surface area contributed by atoms with Gasteiger partial charge in [-0.25, -0.2) is 4.98 Å². The maximum Gasteiger partial charge on any atom is 0.261 e. The lowest BCUT2D eigenvalue weighted by atomic mass is 10.1. The van der Waals surface area contributed by atoms with E-state index in [1.54, 1.807) is 24.1 Å². The molecule has 6 heteroatoms. The second kappa shape index (κ2) is 7.70. The minimum Gasteiger partial charge on any atom is -0.341 e. The molecule has 1 aromatic heterocycles. The van der Waals surface area contributed by atoms with E-state index in [-0.39, 0.29) is 17.9 Å². The van der Waals surface area contributed by atoms with Gasteiger partial charge in [0, 0.05) is 31.6 Å². The number of para-hydroxylation sites is 1. The number of rotatable bonds is 5. The predicted octanol–water partition coefficient (Wildman–Crippen LogP) is 3.41. The fourth-order valence-corrected chi connectivity index (χ4v) is 3.11. The summed E-state index contributed by atoms with van der Waals surface area (Å²) in [6.07, 6.45) is 1.75. The Hall–Kier alpha value is -2.66. The van der Waals surface area contributed by atoms with Crippen molar-refractivity contribution >= 4 is 28.4 Å². The van der Waals surface area contributed by atoms with Crippen LogP contribution in [0.2, 0.25) is 5.02 Å². The molecule has 0 bridgehead atoms. The summed E-state index contributed by atoms with van der Waals surface area (Å²) in [5, 5.41) is 1.22. The number of hydrogen-bond donors (Lipinski definition) is 0. The molecular formula is C20H20ClN3O2. The van der Waals surface area contributed by atoms with Crippen LogP contribution in [0.3, 0.4) is 0 Å². The molecule has 2 aromatic carbocycles. The van der Waals surface area contributed by atoms with Crippen molar-refractivity contribution in [2.45, 2.75) is 26.4 Å². The van der Waals surface area contributed by atoms with Crippen molar-refractivity contribution in [1.82, 2.24) is 14.5 Å². The van der Waals surface area contributed by atoms with Crippen LogP contribution in [0.25, 0.3) is 10.9 Å². The number of hydrogen-bond acceptors (Lipinski definition) is 3. The molecular weight excluding hydrogens is 350 g/mol. The van der Waals surface area contributed by atoms with Gasteiger partial charge in [0.05, 0.1) is 17.2 Å². The summed E-state index contributed by atoms with van der Waals surface area (Å²) in [7, 11) is 1.74. The van der Waals surface area contributed by atoms with Gasteiger partial charge in [-0.15, -0.1) is 0 Å². The zero-order valence-electron chi connectivity index (χ0n) is 14.8. The number of nitrogens with zero attached hydrogens (tertiary/aromatic N) is 3. The van der Waals surface area contributed by atoms with E-state index >= 15 is 0 Å². The van der Waals surface area contributed by atoms with E-state index in [9.17, 15) is 9.59 Å². The van der Waals surface area contributed by atoms with Crippen LogP contribution in [-0.4, -0.2) is 27.4 Å². The van der Waals surface area contributed by atoms with Crippen molar-refractivity contribution in [3.8, 4) is 0 Å². The first-order valence-electron chi connectivity index (χ1n) is 8.39. The first-order valence-corrected chi connectivity index (χ1v) is 8.76. The molecule has 3 aromatic rings. The highest BCUT2D eigenvalue weighted by Crippen LogP contribution is 2.13. The third-order valence-electron chi connectivity index (χ3n) is 4.36. The zero-order valence-corrected chi connectivity index (χ0v) is 15.5. The highest BCUT2D eigenvalue weighted by molar-refractivity contribution is 6.30. The molecule has 134 valence electrons. The molecule has 1 heterocycles. The van der Waals surface area contributed by atoms with Gasteiger partial charge in [0.2, 0.25) is 5.91 Å². The van der Waals surface area contributed by atoms with E-state index in [1.807, 2.05) is 37.3 Å². The largest absolute Gasteiger partial charge is 0.341 e. The van der Waals surface area contributed by atoms with E-state index in [2.05, 4.69) is 4.98 Å². The van der Waals surface area contributed by atoms with Crippen LogP contribution in [-0.2, 0) is 17.9 Å². The fraction of sp³-hybridized carbons (Fsp3) is 0.250. The Morgan fingerprint density at radius 2 is 2.00 bits per heavy atom. The van der Waals surface area contributed by atoms with Crippen molar-refractivity contribution in [2.75, 3.05) is 7.05 Å². The molecule has 0 aliphatic carbocycles. The maximum absolute atomic E-state index is 12.6. The van der Waals surface area contributed by atoms with Crippen LogP contribution in [0.15, 0.2) is 53.6 Å². The van der Waals surface area contributed by atoms with Crippen LogP contribution in [0.5, 0.6) is 0 Å². The topological polar surface area (TPSA) is 55.2 Å². The number of fused-ring (bicyclic) bond motifs is 1. The number of halogens is 1. The lowest BCUT2D eigenvalue weighted by Gasteiger charge is -2.18. The Labute approximate surface area is 156 Å². The second-order valence-electron chi connectivity index (χ2n) is 6.34. The second-order valence-corrected chi connectivity index (χ2v) is 6.78. The number of benzene rings is 2. The molecule has 0 aliphatic heterocycles. The minimum atomic E-state index is -0.121. The van der Waals surface area contributed by atoms with Gasteiger partial charge in [-0.1, -0.05) is 35.9 Å². The highest BCUT2D eigenvalue weighted by atomic mass is 35.5. The van der Waals surface area contributed by atoms with E-state index in [0.29, 0.717) is 29.0 Å². The van der Waals surface area contributed by atoms with Crippen molar-refractivity contribution in [3.63, 3.8) is 0 Å². The summed E-state index contributed by atoms with van der Waals surface area (Å²) in [5.41, 5.74) is 2.51. The molecule has 0 N–H and O–H groups in total. The van der Waals surface area contributed by atoms with Crippen molar-refractivity contribution in [3.05, 3.63) is 75.3 Å². The third-order valence-corrected chi connectivity index (χ3v) is 4.59. The lowest BCUT2D eigenvalue weighted by Crippen LogP contribution is -2.29. The van der Waals surface area contributed by atoms with Crippen molar-refractivity contribution in [2.24, 2.45) is 0 Å². The van der Waals surface area contributed by atoms with Gasteiger partial charge < -0.3 is 4.90 Å². The number of amides is 1. The summed E-state index contributed by atoms with van der Waals surface area (Å²) >= 11 is 5.98. The molecule has 0 unspecified atom stereocenters. The van der Waals surface area contributed by atoms with Gasteiger partial charge in [-0.3, -0.25) is 14.2 Å². The highest BCUT2D eigenvalue weighted by Gasteiger charge is 2.11. The van der Waals surface area contributed by atoms with E-state index in [1.165, 1.54) is 10.9 Å². The average Bonchev–Trinajstić information content (AvgIpc) is 2.61. The molecule has 0 atom stereocenters. The molecule has 1 amide bonds. The van der Waals surface area contributed by atoms with E-state index in [0.717, 1.165) is 11.1 Å². The molecule has 0 aliphatic rings. The minimum absolute atomic E-state index is 0.0405. The van der Waals surface area contributed by atoms with Gasteiger partial charge in [0.25, 0.3) is 5.56 Å². The van der Waals surface area contributed by atoms with Crippen LogP contribution < -0.4 is 5.56 Å². The van der Waals surface area contributed by atoms with E-state index < -0.39 is 0 Å². The Balaban J connectivity index is 1.68. The molecule has 5 nitrogen and oxygen atoms in total. The number of carbonyl (C=O) groups is 1. The summed E-state index contributed by atoms with van der Waals surface area (Å²) < 4.78 is 1.49. The monoisotopic (exact) mass is 369 g/mol. The summed E-state index contributed by atoms with van der Waals surface area (Å²) in [6, 6.07) is 13.0. The Bertz CT molecular complexity index is 1010. The Morgan fingerprint density at radius 1 is 1.23 bits per heavy atom. The standard InChI is InChI=1S/C20H20ClN3O2/c1-14-5-3-8-17-19(14)22-13-24(20(17)26)10-9-18(25)23(2)12-15-6-4-7-16(21)11-15/h3-8,11,13H,9-10,12H2,1-2H3. The van der Waals surface area contributed by atoms with Gasteiger partial charge in [0.15, 0.2) is 0 Å². The van der Waals surface area contributed by atoms with Gasteiger partial charge in [-0.05, 0) is 36.2 Å². The molecule has 0 spiro atoms. The van der Waals surface area contributed by atoms with Crippen LogP contribution in [0.1, 0.15) is 17.5 Å². The molecule has 3 rings (SSSR count). The lowest BCUT2D eigenvalue weighted by molar-refractivity contribution is -0.130. The van der Waals surface area contributed by atoms with Crippen LogP contribution in [0, 0.1) is 6.92 Å². The molecule has 0 saturated carbocycles. The van der Waals surface area contributed by atoms with Crippen molar-refractivity contribution in [1.29, 1.82) is 0 Å². The van der Waals surface area contributed by atoms with Gasteiger partial charge >= 0.3 is 0 Å². The summed E-state index contributed by atoms with van der Waals surface area (Å²) in [4.78, 5) is 31.0. The smallest absolute Gasteiger partial charge is 0.261 e. The molecule has 0 fully saturated rings. The van der Waals surface area contributed by atoms with Crippen LogP contribution in [0.4, 0.5) is 0 Å². The van der Waals surface area contributed by atoms with Crippen molar-refractivity contribution < 1.29 is 4.79 Å². The number of aryl methyl sites for hydroxylation is 2. The Kier molecular flexibility index (Phi) is 5.38. The van der Waals surface area contributed by atoms with Gasteiger partial charge in [-0.2, -0.15) is 0 Å². The zero-order chi connectivity index (χ0) is 18.7. The number of aromatic nitrogens is 2. The number of carbonyl (C=O) groups excluding carboxylic acids is 1. The maximum atomic E-state index is 12.6. The first kappa shape index (κ1) is 18.1. The molecule has 0 radical (unpaired) electrons. The molecule has 26 heavy (non-hydrogen) atoms. The quantitative estimate of drug-likeness (QED) is 0.692. The summed E-state index contributed by atoms with van der Waals surface area (Å²) in [6.45, 7) is 2.70. The first-order chi connectivity index (χ1) is 12.5. The predicted molar refractivity (Wildman–Crippen MR) is 103 cm³/mol. The summed E-state index contributed by atoms with van der Waals surface area (Å²) in [5.74, 6) is -0.0405.